The predicted octanol–water partition coefficient (Wildman–Crippen LogP) is 3.89. The summed E-state index contributed by atoms with van der Waals surface area (Å²) in [5, 5.41) is 0. The molecule has 0 heterocycles. The van der Waals surface area contributed by atoms with E-state index in [0.717, 1.165) is 15.6 Å². The molecule has 1 atom stereocenters. The van der Waals surface area contributed by atoms with Crippen LogP contribution in [0.2, 0.25) is 0 Å². The second-order valence-corrected chi connectivity index (χ2v) is 7.03. The van der Waals surface area contributed by atoms with Crippen molar-refractivity contribution in [2.24, 2.45) is 0 Å². The van der Waals surface area contributed by atoms with E-state index in [1.54, 1.807) is 7.11 Å². The first-order valence-corrected chi connectivity index (χ1v) is 6.91. The molecule has 1 unspecified atom stereocenters. The van der Waals surface area contributed by atoms with Gasteiger partial charge in [-0.2, -0.15) is 0 Å². The average molecular weight is 311 g/mol. The standard InChI is InChI=1S/C15H19BrO2/c1-14(2,3)9-6-10-11(12(16)7-9)8-15(4,18-5)13(10)17/h6-7H,8H2,1-5H3. The summed E-state index contributed by atoms with van der Waals surface area (Å²) in [4.78, 5) is 12.4. The maximum absolute atomic E-state index is 12.4. The molecule has 1 aromatic carbocycles. The van der Waals surface area contributed by atoms with Crippen LogP contribution in [-0.2, 0) is 16.6 Å². The molecule has 1 aliphatic rings. The minimum Gasteiger partial charge on any atom is -0.370 e. The Morgan fingerprint density at radius 3 is 2.44 bits per heavy atom. The largest absolute Gasteiger partial charge is 0.370 e. The Labute approximate surface area is 117 Å². The van der Waals surface area contributed by atoms with Gasteiger partial charge in [0.15, 0.2) is 5.78 Å². The lowest BCUT2D eigenvalue weighted by molar-refractivity contribution is 0.0181. The Morgan fingerprint density at radius 1 is 1.33 bits per heavy atom. The number of ether oxygens (including phenoxy) is 1. The molecule has 0 N–H and O–H groups in total. The number of carbonyl (C=O) groups excluding carboxylic acids is 1. The lowest BCUT2D eigenvalue weighted by Gasteiger charge is -2.20. The maximum atomic E-state index is 12.4. The first-order valence-electron chi connectivity index (χ1n) is 6.12. The number of rotatable bonds is 1. The third kappa shape index (κ3) is 2.04. The van der Waals surface area contributed by atoms with Gasteiger partial charge >= 0.3 is 0 Å². The molecule has 98 valence electrons. The Bertz CT molecular complexity index is 514. The summed E-state index contributed by atoms with van der Waals surface area (Å²) in [6, 6.07) is 4.14. The van der Waals surface area contributed by atoms with Crippen molar-refractivity contribution in [2.75, 3.05) is 7.11 Å². The zero-order valence-corrected chi connectivity index (χ0v) is 13.1. The van der Waals surface area contributed by atoms with Gasteiger partial charge in [0.05, 0.1) is 0 Å². The van der Waals surface area contributed by atoms with Crippen LogP contribution in [-0.4, -0.2) is 18.5 Å². The van der Waals surface area contributed by atoms with Gasteiger partial charge in [0.25, 0.3) is 0 Å². The molecule has 0 bridgehead atoms. The van der Waals surface area contributed by atoms with E-state index in [4.69, 9.17) is 4.74 Å². The molecule has 0 radical (unpaired) electrons. The number of Topliss-reactive ketones (excluding diaryl/α,β-unsaturated/α-hetero) is 1. The zero-order valence-electron chi connectivity index (χ0n) is 11.6. The number of ketones is 1. The quantitative estimate of drug-likeness (QED) is 0.786. The summed E-state index contributed by atoms with van der Waals surface area (Å²) in [6.07, 6.45) is 0.642. The fraction of sp³-hybridized carbons (Fsp3) is 0.533. The molecular formula is C15H19BrO2. The van der Waals surface area contributed by atoms with Gasteiger partial charge in [0, 0.05) is 23.6 Å². The predicted molar refractivity (Wildman–Crippen MR) is 76.3 cm³/mol. The normalized spacial score (nSPS) is 23.3. The number of halogens is 1. The first kappa shape index (κ1) is 13.8. The smallest absolute Gasteiger partial charge is 0.194 e. The summed E-state index contributed by atoms with van der Waals surface area (Å²) >= 11 is 3.59. The Morgan fingerprint density at radius 2 is 1.94 bits per heavy atom. The van der Waals surface area contributed by atoms with Gasteiger partial charge in [0.1, 0.15) is 5.60 Å². The van der Waals surface area contributed by atoms with E-state index in [2.05, 4.69) is 42.8 Å². The average Bonchev–Trinajstić information content (AvgIpc) is 2.53. The Kier molecular flexibility index (Phi) is 3.19. The summed E-state index contributed by atoms with van der Waals surface area (Å²) in [6.45, 7) is 8.31. The van der Waals surface area contributed by atoms with Crippen molar-refractivity contribution in [1.82, 2.24) is 0 Å². The van der Waals surface area contributed by atoms with Gasteiger partial charge in [-0.3, -0.25) is 4.79 Å². The minimum atomic E-state index is -0.707. The number of fused-ring (bicyclic) bond motifs is 1. The number of benzene rings is 1. The van der Waals surface area contributed by atoms with E-state index in [1.807, 2.05) is 13.0 Å². The Hall–Kier alpha value is -0.670. The second kappa shape index (κ2) is 4.17. The molecule has 3 heteroatoms. The number of hydrogen-bond acceptors (Lipinski definition) is 2. The van der Waals surface area contributed by atoms with Crippen LogP contribution in [0, 0.1) is 0 Å². The lowest BCUT2D eigenvalue weighted by atomic mass is 9.85. The molecule has 0 aromatic heterocycles. The van der Waals surface area contributed by atoms with Crippen molar-refractivity contribution in [3.05, 3.63) is 33.3 Å². The highest BCUT2D eigenvalue weighted by Crippen LogP contribution is 2.39. The fourth-order valence-electron chi connectivity index (χ4n) is 2.32. The highest BCUT2D eigenvalue weighted by molar-refractivity contribution is 9.10. The third-order valence-corrected chi connectivity index (χ3v) is 4.46. The van der Waals surface area contributed by atoms with E-state index in [-0.39, 0.29) is 11.2 Å². The number of hydrogen-bond donors (Lipinski definition) is 0. The van der Waals surface area contributed by atoms with Crippen molar-refractivity contribution < 1.29 is 9.53 Å². The summed E-state index contributed by atoms with van der Waals surface area (Å²) in [5.41, 5.74) is 2.36. The fourth-order valence-corrected chi connectivity index (χ4v) is 2.92. The monoisotopic (exact) mass is 310 g/mol. The van der Waals surface area contributed by atoms with Gasteiger partial charge in [-0.15, -0.1) is 0 Å². The molecule has 1 aliphatic carbocycles. The van der Waals surface area contributed by atoms with Gasteiger partial charge in [-0.1, -0.05) is 36.7 Å². The summed E-state index contributed by atoms with van der Waals surface area (Å²) in [5.74, 6) is 0.0896. The molecule has 18 heavy (non-hydrogen) atoms. The molecular weight excluding hydrogens is 292 g/mol. The van der Waals surface area contributed by atoms with Crippen LogP contribution in [0.5, 0.6) is 0 Å². The van der Waals surface area contributed by atoms with Gasteiger partial charge in [-0.05, 0) is 35.6 Å². The Balaban J connectivity index is 2.59. The van der Waals surface area contributed by atoms with Crippen LogP contribution >= 0.6 is 15.9 Å². The molecule has 0 saturated heterocycles. The molecule has 0 spiro atoms. The van der Waals surface area contributed by atoms with Crippen molar-refractivity contribution in [1.29, 1.82) is 0 Å². The van der Waals surface area contributed by atoms with E-state index < -0.39 is 5.60 Å². The SMILES string of the molecule is COC1(C)Cc2c(Br)cc(C(C)(C)C)cc2C1=O. The van der Waals surface area contributed by atoms with Crippen molar-refractivity contribution in [3.8, 4) is 0 Å². The van der Waals surface area contributed by atoms with E-state index in [1.165, 1.54) is 5.56 Å². The maximum Gasteiger partial charge on any atom is 0.194 e. The van der Waals surface area contributed by atoms with Crippen LogP contribution in [0.1, 0.15) is 49.2 Å². The van der Waals surface area contributed by atoms with Gasteiger partial charge in [-0.25, -0.2) is 0 Å². The van der Waals surface area contributed by atoms with Crippen LogP contribution in [0.15, 0.2) is 16.6 Å². The van der Waals surface area contributed by atoms with Crippen LogP contribution in [0.25, 0.3) is 0 Å². The third-order valence-electron chi connectivity index (χ3n) is 3.75. The second-order valence-electron chi connectivity index (χ2n) is 6.18. The van der Waals surface area contributed by atoms with Gasteiger partial charge in [0.2, 0.25) is 0 Å². The van der Waals surface area contributed by atoms with Crippen LogP contribution in [0.4, 0.5) is 0 Å². The highest BCUT2D eigenvalue weighted by atomic mass is 79.9. The summed E-state index contributed by atoms with van der Waals surface area (Å²) in [7, 11) is 1.60. The number of methoxy groups -OCH3 is 1. The molecule has 0 fully saturated rings. The van der Waals surface area contributed by atoms with Crippen LogP contribution < -0.4 is 0 Å². The number of carbonyl (C=O) groups is 1. The van der Waals surface area contributed by atoms with E-state index in [9.17, 15) is 4.79 Å². The molecule has 2 rings (SSSR count). The molecule has 0 saturated carbocycles. The van der Waals surface area contributed by atoms with Crippen molar-refractivity contribution in [2.45, 2.75) is 45.1 Å². The first-order chi connectivity index (χ1) is 8.19. The zero-order chi connectivity index (χ0) is 13.7. The van der Waals surface area contributed by atoms with Crippen molar-refractivity contribution >= 4 is 21.7 Å². The highest BCUT2D eigenvalue weighted by Gasteiger charge is 2.43. The minimum absolute atomic E-state index is 0.0316. The van der Waals surface area contributed by atoms with Crippen LogP contribution in [0.3, 0.4) is 0 Å². The topological polar surface area (TPSA) is 26.3 Å². The van der Waals surface area contributed by atoms with E-state index >= 15 is 0 Å². The molecule has 1 aromatic rings. The van der Waals surface area contributed by atoms with Gasteiger partial charge < -0.3 is 4.74 Å². The van der Waals surface area contributed by atoms with Crippen molar-refractivity contribution in [3.63, 3.8) is 0 Å². The molecule has 2 nitrogen and oxygen atoms in total. The van der Waals surface area contributed by atoms with E-state index in [0.29, 0.717) is 6.42 Å². The molecule has 0 amide bonds. The molecule has 0 aliphatic heterocycles. The summed E-state index contributed by atoms with van der Waals surface area (Å²) < 4.78 is 6.42. The lowest BCUT2D eigenvalue weighted by Crippen LogP contribution is -2.34.